The van der Waals surface area contributed by atoms with Crippen LogP contribution >= 0.6 is 0 Å². The third kappa shape index (κ3) is 3.14. The van der Waals surface area contributed by atoms with Crippen molar-refractivity contribution in [3.05, 3.63) is 46.7 Å². The largest absolute Gasteiger partial charge is 0.508 e. The van der Waals surface area contributed by atoms with E-state index in [1.165, 1.54) is 23.9 Å². The van der Waals surface area contributed by atoms with Gasteiger partial charge in [-0.3, -0.25) is 4.79 Å². The second kappa shape index (κ2) is 6.88. The number of aromatic hydroxyl groups is 1. The summed E-state index contributed by atoms with van der Waals surface area (Å²) in [5.74, 6) is 0.432. The van der Waals surface area contributed by atoms with Crippen molar-refractivity contribution in [1.29, 1.82) is 0 Å². The number of hydrogen-bond acceptors (Lipinski definition) is 5. The van der Waals surface area contributed by atoms with Crippen molar-refractivity contribution in [1.82, 2.24) is 10.3 Å². The van der Waals surface area contributed by atoms with Crippen molar-refractivity contribution in [2.24, 2.45) is 0 Å². The molecule has 0 bridgehead atoms. The number of fused-ring (bicyclic) bond motifs is 1. The average Bonchev–Trinajstić information content (AvgIpc) is 3.31. The van der Waals surface area contributed by atoms with Gasteiger partial charge in [-0.1, -0.05) is 6.07 Å². The first-order valence-electron chi connectivity index (χ1n) is 8.90. The van der Waals surface area contributed by atoms with Crippen LogP contribution in [0.1, 0.15) is 64.7 Å². The van der Waals surface area contributed by atoms with Crippen molar-refractivity contribution in [3.8, 4) is 5.75 Å². The minimum Gasteiger partial charge on any atom is -0.508 e. The number of carbonyl (C=O) groups excluding carboxylic acids is 1. The molecule has 1 saturated heterocycles. The SMILES string of the molecule is O=C(NCc1c(O)ccc2c1CCCC2)c1ncoc1[C@@H]1CCCO1. The van der Waals surface area contributed by atoms with Crippen LogP contribution in [0, 0.1) is 0 Å². The fourth-order valence-corrected chi connectivity index (χ4v) is 3.78. The van der Waals surface area contributed by atoms with Gasteiger partial charge in [-0.25, -0.2) is 4.98 Å². The molecule has 1 aromatic heterocycles. The molecule has 2 N–H and O–H groups in total. The maximum absolute atomic E-state index is 12.6. The maximum atomic E-state index is 12.6. The molecule has 6 nitrogen and oxygen atoms in total. The Morgan fingerprint density at radius 3 is 3.00 bits per heavy atom. The van der Waals surface area contributed by atoms with E-state index in [4.69, 9.17) is 9.15 Å². The summed E-state index contributed by atoms with van der Waals surface area (Å²) in [5, 5.41) is 13.1. The summed E-state index contributed by atoms with van der Waals surface area (Å²) >= 11 is 0. The van der Waals surface area contributed by atoms with Crippen LogP contribution in [-0.4, -0.2) is 22.6 Å². The fraction of sp³-hybridized carbons (Fsp3) is 0.474. The molecule has 0 unspecified atom stereocenters. The predicted molar refractivity (Wildman–Crippen MR) is 90.3 cm³/mol. The zero-order valence-corrected chi connectivity index (χ0v) is 14.1. The van der Waals surface area contributed by atoms with Crippen LogP contribution in [0.3, 0.4) is 0 Å². The van der Waals surface area contributed by atoms with E-state index >= 15 is 0 Å². The lowest BCUT2D eigenvalue weighted by atomic mass is 9.87. The van der Waals surface area contributed by atoms with E-state index in [9.17, 15) is 9.90 Å². The molecule has 1 aliphatic carbocycles. The molecule has 0 radical (unpaired) electrons. The predicted octanol–water partition coefficient (Wildman–Crippen LogP) is 3.04. The molecular formula is C19H22N2O4. The fourth-order valence-electron chi connectivity index (χ4n) is 3.78. The highest BCUT2D eigenvalue weighted by molar-refractivity contribution is 5.93. The molecule has 0 saturated carbocycles. The molecule has 2 heterocycles. The van der Waals surface area contributed by atoms with Gasteiger partial charge < -0.3 is 19.6 Å². The summed E-state index contributed by atoms with van der Waals surface area (Å²) in [5.41, 5.74) is 3.53. The van der Waals surface area contributed by atoms with E-state index in [1.807, 2.05) is 6.07 Å². The van der Waals surface area contributed by atoms with E-state index < -0.39 is 0 Å². The molecule has 0 spiro atoms. The number of benzene rings is 1. The van der Waals surface area contributed by atoms with E-state index in [-0.39, 0.29) is 30.0 Å². The number of carbonyl (C=O) groups is 1. The molecule has 25 heavy (non-hydrogen) atoms. The van der Waals surface area contributed by atoms with Crippen LogP contribution in [-0.2, 0) is 24.1 Å². The lowest BCUT2D eigenvalue weighted by Crippen LogP contribution is -2.25. The number of aromatic nitrogens is 1. The van der Waals surface area contributed by atoms with Gasteiger partial charge in [-0.05, 0) is 55.7 Å². The second-order valence-electron chi connectivity index (χ2n) is 6.66. The van der Waals surface area contributed by atoms with Gasteiger partial charge >= 0.3 is 0 Å². The molecule has 6 heteroatoms. The second-order valence-corrected chi connectivity index (χ2v) is 6.66. The summed E-state index contributed by atoms with van der Waals surface area (Å²) in [7, 11) is 0. The Morgan fingerprint density at radius 2 is 2.16 bits per heavy atom. The van der Waals surface area contributed by atoms with Crippen molar-refractivity contribution in [2.75, 3.05) is 6.61 Å². The Kier molecular flexibility index (Phi) is 4.44. The van der Waals surface area contributed by atoms with Gasteiger partial charge in [0.2, 0.25) is 0 Å². The number of ether oxygens (including phenoxy) is 1. The summed E-state index contributed by atoms with van der Waals surface area (Å²) in [4.78, 5) is 16.6. The van der Waals surface area contributed by atoms with Crippen LogP contribution < -0.4 is 5.32 Å². The average molecular weight is 342 g/mol. The number of aryl methyl sites for hydroxylation is 1. The van der Waals surface area contributed by atoms with Gasteiger partial charge in [-0.2, -0.15) is 0 Å². The number of nitrogens with one attached hydrogen (secondary N) is 1. The highest BCUT2D eigenvalue weighted by Crippen LogP contribution is 2.32. The van der Waals surface area contributed by atoms with Gasteiger partial charge in [-0.15, -0.1) is 0 Å². The van der Waals surface area contributed by atoms with E-state index in [2.05, 4.69) is 10.3 Å². The Morgan fingerprint density at radius 1 is 1.28 bits per heavy atom. The Hall–Kier alpha value is -2.34. The Labute approximate surface area is 146 Å². The molecule has 4 rings (SSSR count). The van der Waals surface area contributed by atoms with Crippen LogP contribution in [0.15, 0.2) is 22.9 Å². The van der Waals surface area contributed by atoms with Crippen LogP contribution in [0.25, 0.3) is 0 Å². The first-order chi connectivity index (χ1) is 12.2. The van der Waals surface area contributed by atoms with E-state index in [0.29, 0.717) is 12.4 Å². The van der Waals surface area contributed by atoms with E-state index in [1.54, 1.807) is 6.07 Å². The molecule has 2 aliphatic rings. The Balaban J connectivity index is 1.51. The molecular weight excluding hydrogens is 320 g/mol. The number of oxazole rings is 1. The first kappa shape index (κ1) is 16.1. The smallest absolute Gasteiger partial charge is 0.273 e. The normalized spacial score (nSPS) is 19.6. The van der Waals surface area contributed by atoms with Crippen molar-refractivity contribution < 1.29 is 19.1 Å². The van der Waals surface area contributed by atoms with Crippen molar-refractivity contribution in [2.45, 2.75) is 51.2 Å². The van der Waals surface area contributed by atoms with Crippen LogP contribution in [0.4, 0.5) is 0 Å². The summed E-state index contributed by atoms with van der Waals surface area (Å²) in [6, 6.07) is 3.71. The first-order valence-corrected chi connectivity index (χ1v) is 8.90. The summed E-state index contributed by atoms with van der Waals surface area (Å²) in [6.45, 7) is 0.960. The molecule has 1 amide bonds. The molecule has 2 aromatic rings. The number of hydrogen-bond donors (Lipinski definition) is 2. The van der Waals surface area contributed by atoms with Crippen molar-refractivity contribution >= 4 is 5.91 Å². The third-order valence-corrected chi connectivity index (χ3v) is 5.08. The molecule has 1 aliphatic heterocycles. The number of phenols is 1. The quantitative estimate of drug-likeness (QED) is 0.892. The van der Waals surface area contributed by atoms with Gasteiger partial charge in [0, 0.05) is 18.7 Å². The van der Waals surface area contributed by atoms with Crippen LogP contribution in [0.5, 0.6) is 5.75 Å². The van der Waals surface area contributed by atoms with Crippen molar-refractivity contribution in [3.63, 3.8) is 0 Å². The molecule has 1 aromatic carbocycles. The number of rotatable bonds is 4. The zero-order valence-electron chi connectivity index (χ0n) is 14.1. The lowest BCUT2D eigenvalue weighted by Gasteiger charge is -2.20. The standard InChI is InChI=1S/C19H22N2O4/c22-15-8-7-12-4-1-2-5-13(12)14(15)10-20-19(23)17-18(25-11-21-17)16-6-3-9-24-16/h7-8,11,16,22H,1-6,9-10H2,(H,20,23)/t16-/m0/s1. The number of phenolic OH excluding ortho intramolecular Hbond substituents is 1. The highest BCUT2D eigenvalue weighted by Gasteiger charge is 2.28. The van der Waals surface area contributed by atoms with Gasteiger partial charge in [0.05, 0.1) is 0 Å². The number of nitrogens with zero attached hydrogens (tertiary/aromatic N) is 1. The summed E-state index contributed by atoms with van der Waals surface area (Å²) < 4.78 is 11.0. The third-order valence-electron chi connectivity index (χ3n) is 5.08. The van der Waals surface area contributed by atoms with Gasteiger partial charge in [0.15, 0.2) is 17.8 Å². The Bertz CT molecular complexity index is 778. The van der Waals surface area contributed by atoms with Gasteiger partial charge in [0.1, 0.15) is 11.9 Å². The highest BCUT2D eigenvalue weighted by atomic mass is 16.5. The summed E-state index contributed by atoms with van der Waals surface area (Å²) in [6.07, 6.45) is 7.15. The van der Waals surface area contributed by atoms with E-state index in [0.717, 1.165) is 37.7 Å². The van der Waals surface area contributed by atoms with Gasteiger partial charge in [0.25, 0.3) is 5.91 Å². The minimum absolute atomic E-state index is 0.193. The topological polar surface area (TPSA) is 84.6 Å². The minimum atomic E-state index is -0.299. The molecule has 1 atom stereocenters. The molecule has 132 valence electrons. The lowest BCUT2D eigenvalue weighted by molar-refractivity contribution is 0.0860. The van der Waals surface area contributed by atoms with Crippen LogP contribution in [0.2, 0.25) is 0 Å². The number of amides is 1. The molecule has 1 fully saturated rings. The monoisotopic (exact) mass is 342 g/mol. The maximum Gasteiger partial charge on any atom is 0.273 e. The zero-order chi connectivity index (χ0) is 17.2.